The number of rotatable bonds is 4. The zero-order valence-electron chi connectivity index (χ0n) is 14.8. The summed E-state index contributed by atoms with van der Waals surface area (Å²) in [5, 5.41) is 9.04. The third-order valence-corrected chi connectivity index (χ3v) is 3.72. The molecule has 0 atom stereocenters. The fraction of sp³-hybridized carbons (Fsp3) is 0.500. The molecule has 0 bridgehead atoms. The predicted octanol–water partition coefficient (Wildman–Crippen LogP) is 2.29. The van der Waals surface area contributed by atoms with Crippen LogP contribution in [0, 0.1) is 0 Å². The minimum atomic E-state index is -1.20. The Balaban J connectivity index is 2.14. The van der Waals surface area contributed by atoms with Gasteiger partial charge in [0.15, 0.2) is 0 Å². The molecule has 1 aliphatic rings. The maximum atomic E-state index is 12.7. The summed E-state index contributed by atoms with van der Waals surface area (Å²) in [6.07, 6.45) is 0.910. The highest BCUT2D eigenvalue weighted by molar-refractivity contribution is 5.97. The van der Waals surface area contributed by atoms with Gasteiger partial charge < -0.3 is 14.7 Å². The molecule has 2 rings (SSSR count). The molecule has 1 N–H and O–H groups in total. The Hall–Kier alpha value is -2.57. The number of ether oxygens (including phenoxy) is 1. The Labute approximate surface area is 147 Å². The van der Waals surface area contributed by atoms with Crippen molar-refractivity contribution in [3.05, 3.63) is 29.8 Å². The van der Waals surface area contributed by atoms with Crippen LogP contribution in [0.1, 0.15) is 32.8 Å². The van der Waals surface area contributed by atoms with Crippen molar-refractivity contribution in [3.63, 3.8) is 0 Å². The largest absolute Gasteiger partial charge is 0.480 e. The number of fused-ring (bicyclic) bond motifs is 1. The topological polar surface area (TPSA) is 87.1 Å². The van der Waals surface area contributed by atoms with Crippen LogP contribution < -0.4 is 4.90 Å². The maximum absolute atomic E-state index is 12.7. The summed E-state index contributed by atoms with van der Waals surface area (Å²) in [5.74, 6) is -1.52. The highest BCUT2D eigenvalue weighted by atomic mass is 16.6. The van der Waals surface area contributed by atoms with Crippen molar-refractivity contribution in [3.8, 4) is 0 Å². The van der Waals surface area contributed by atoms with Gasteiger partial charge in [-0.25, -0.2) is 4.79 Å². The van der Waals surface area contributed by atoms with Crippen molar-refractivity contribution in [1.29, 1.82) is 0 Å². The molecule has 136 valence electrons. The van der Waals surface area contributed by atoms with E-state index in [0.717, 1.165) is 29.0 Å². The van der Waals surface area contributed by atoms with Crippen molar-refractivity contribution in [2.24, 2.45) is 0 Å². The number of aryl methyl sites for hydroxylation is 1. The van der Waals surface area contributed by atoms with Crippen molar-refractivity contribution < 1.29 is 24.2 Å². The lowest BCUT2D eigenvalue weighted by Crippen LogP contribution is -2.47. The summed E-state index contributed by atoms with van der Waals surface area (Å²) in [5.41, 5.74) is 1.12. The molecule has 1 aromatic rings. The van der Waals surface area contributed by atoms with E-state index in [0.29, 0.717) is 6.54 Å². The van der Waals surface area contributed by atoms with E-state index in [4.69, 9.17) is 9.84 Å². The molecular formula is C18H24N2O5. The number of benzene rings is 1. The van der Waals surface area contributed by atoms with E-state index < -0.39 is 24.2 Å². The van der Waals surface area contributed by atoms with Gasteiger partial charge in [-0.1, -0.05) is 18.2 Å². The highest BCUT2D eigenvalue weighted by Crippen LogP contribution is 2.26. The Morgan fingerprint density at radius 3 is 2.52 bits per heavy atom. The predicted molar refractivity (Wildman–Crippen MR) is 92.6 cm³/mol. The zero-order chi connectivity index (χ0) is 18.6. The maximum Gasteiger partial charge on any atom is 0.411 e. The van der Waals surface area contributed by atoms with Crippen LogP contribution in [0.3, 0.4) is 0 Å². The van der Waals surface area contributed by atoms with E-state index in [1.165, 1.54) is 0 Å². The minimum absolute atomic E-state index is 0.320. The van der Waals surface area contributed by atoms with Gasteiger partial charge in [-0.05, 0) is 45.2 Å². The van der Waals surface area contributed by atoms with Crippen molar-refractivity contribution in [1.82, 2.24) is 4.90 Å². The molecule has 1 heterocycles. The van der Waals surface area contributed by atoms with E-state index in [2.05, 4.69) is 0 Å². The van der Waals surface area contributed by atoms with Crippen LogP contribution in [0.5, 0.6) is 0 Å². The molecule has 0 saturated carbocycles. The van der Waals surface area contributed by atoms with E-state index in [1.807, 2.05) is 24.3 Å². The van der Waals surface area contributed by atoms with Crippen LogP contribution in [0.4, 0.5) is 10.5 Å². The van der Waals surface area contributed by atoms with Crippen LogP contribution in [0.2, 0.25) is 0 Å². The lowest BCUT2D eigenvalue weighted by molar-refractivity contribution is -0.138. The highest BCUT2D eigenvalue weighted by Gasteiger charge is 2.29. The molecule has 0 saturated heterocycles. The lowest BCUT2D eigenvalue weighted by atomic mass is 10.0. The summed E-state index contributed by atoms with van der Waals surface area (Å²) in [4.78, 5) is 38.5. The van der Waals surface area contributed by atoms with Gasteiger partial charge in [0.1, 0.15) is 18.7 Å². The second-order valence-corrected chi connectivity index (χ2v) is 7.01. The van der Waals surface area contributed by atoms with E-state index in [9.17, 15) is 14.4 Å². The third-order valence-electron chi connectivity index (χ3n) is 3.72. The second-order valence-electron chi connectivity index (χ2n) is 7.01. The average Bonchev–Trinajstić information content (AvgIpc) is 2.51. The van der Waals surface area contributed by atoms with Crippen LogP contribution >= 0.6 is 0 Å². The normalized spacial score (nSPS) is 13.8. The first kappa shape index (κ1) is 18.8. The summed E-state index contributed by atoms with van der Waals surface area (Å²) in [6.45, 7) is 4.68. The molecule has 1 aromatic carbocycles. The van der Waals surface area contributed by atoms with Crippen LogP contribution in [0.25, 0.3) is 0 Å². The Bertz CT molecular complexity index is 666. The van der Waals surface area contributed by atoms with Gasteiger partial charge in [-0.2, -0.15) is 0 Å². The van der Waals surface area contributed by atoms with Crippen LogP contribution in [0.15, 0.2) is 24.3 Å². The number of anilines is 1. The SMILES string of the molecule is CC(C)(C)OC(=O)N(CC(=O)O)CC(=O)N1CCCc2ccccc21. The summed E-state index contributed by atoms with van der Waals surface area (Å²) in [6, 6.07) is 7.61. The van der Waals surface area contributed by atoms with Crippen molar-refractivity contribution in [2.75, 3.05) is 24.5 Å². The summed E-state index contributed by atoms with van der Waals surface area (Å²) < 4.78 is 5.21. The standard InChI is InChI=1S/C18H24N2O5/c1-18(2,3)25-17(24)19(12-16(22)23)11-15(21)20-10-6-8-13-7-4-5-9-14(13)20/h4-5,7,9H,6,8,10-12H2,1-3H3,(H,22,23). The van der Waals surface area contributed by atoms with Gasteiger partial charge >= 0.3 is 12.1 Å². The molecule has 0 aromatic heterocycles. The number of nitrogens with zero attached hydrogens (tertiary/aromatic N) is 2. The van der Waals surface area contributed by atoms with E-state index >= 15 is 0 Å². The number of hydrogen-bond donors (Lipinski definition) is 1. The zero-order valence-corrected chi connectivity index (χ0v) is 14.8. The number of amides is 2. The molecule has 1 aliphatic heterocycles. The molecule has 0 fully saturated rings. The minimum Gasteiger partial charge on any atom is -0.480 e. The van der Waals surface area contributed by atoms with Gasteiger partial charge in [0, 0.05) is 12.2 Å². The van der Waals surface area contributed by atoms with Crippen LogP contribution in [-0.4, -0.2) is 53.2 Å². The molecule has 25 heavy (non-hydrogen) atoms. The first-order valence-corrected chi connectivity index (χ1v) is 8.25. The summed E-state index contributed by atoms with van der Waals surface area (Å²) >= 11 is 0. The van der Waals surface area contributed by atoms with Gasteiger partial charge in [0.2, 0.25) is 5.91 Å². The molecule has 0 radical (unpaired) electrons. The molecular weight excluding hydrogens is 324 g/mol. The number of carboxylic acids is 1. The number of hydrogen-bond acceptors (Lipinski definition) is 4. The molecule has 0 unspecified atom stereocenters. The second kappa shape index (κ2) is 7.55. The summed E-state index contributed by atoms with van der Waals surface area (Å²) in [7, 11) is 0. The van der Waals surface area contributed by atoms with Gasteiger partial charge in [0.25, 0.3) is 0 Å². The molecule has 7 nitrogen and oxygen atoms in total. The monoisotopic (exact) mass is 348 g/mol. The fourth-order valence-corrected chi connectivity index (χ4v) is 2.72. The van der Waals surface area contributed by atoms with Crippen LogP contribution in [-0.2, 0) is 20.7 Å². The number of carboxylic acid groups (broad SMARTS) is 1. The molecule has 0 spiro atoms. The first-order chi connectivity index (χ1) is 11.7. The Morgan fingerprint density at radius 2 is 1.88 bits per heavy atom. The van der Waals surface area contributed by atoms with Crippen molar-refractivity contribution in [2.45, 2.75) is 39.2 Å². The molecule has 7 heteroatoms. The lowest BCUT2D eigenvalue weighted by Gasteiger charge is -2.32. The molecule has 2 amide bonds. The average molecular weight is 348 g/mol. The number of para-hydroxylation sites is 1. The fourth-order valence-electron chi connectivity index (χ4n) is 2.72. The Kier molecular flexibility index (Phi) is 5.66. The first-order valence-electron chi connectivity index (χ1n) is 8.25. The Morgan fingerprint density at radius 1 is 1.20 bits per heavy atom. The van der Waals surface area contributed by atoms with E-state index in [1.54, 1.807) is 25.7 Å². The van der Waals surface area contributed by atoms with E-state index in [-0.39, 0.29) is 12.5 Å². The van der Waals surface area contributed by atoms with Gasteiger partial charge in [-0.3, -0.25) is 14.5 Å². The quantitative estimate of drug-likeness (QED) is 0.902. The number of carbonyl (C=O) groups is 3. The van der Waals surface area contributed by atoms with Gasteiger partial charge in [-0.15, -0.1) is 0 Å². The number of carbonyl (C=O) groups excluding carboxylic acids is 2. The van der Waals surface area contributed by atoms with Crippen molar-refractivity contribution >= 4 is 23.7 Å². The number of aliphatic carboxylic acids is 1. The molecule has 0 aliphatic carbocycles. The third kappa shape index (κ3) is 5.20. The van der Waals surface area contributed by atoms with Gasteiger partial charge in [0.05, 0.1) is 0 Å². The smallest absolute Gasteiger partial charge is 0.411 e.